The zero-order chi connectivity index (χ0) is 30.3. The molecule has 0 radical (unpaired) electrons. The third kappa shape index (κ3) is 7.78. The van der Waals surface area contributed by atoms with Crippen LogP contribution >= 0.6 is 11.6 Å². The SMILES string of the molecule is CCS(=O)(=O)CCOCCCC1(c2cc3c(Nc4ccc(OCc5cccc(F)c5)c(Cl)c4)ncnc3cn2)CC=CO1. The van der Waals surface area contributed by atoms with Crippen molar-refractivity contribution < 1.29 is 27.0 Å². The zero-order valence-corrected chi connectivity index (χ0v) is 25.2. The second-order valence-electron chi connectivity index (χ2n) is 10.1. The lowest BCUT2D eigenvalue weighted by Crippen LogP contribution is -2.27. The molecule has 0 amide bonds. The monoisotopic (exact) mass is 626 g/mol. The number of pyridine rings is 1. The largest absolute Gasteiger partial charge is 0.489 e. The van der Waals surface area contributed by atoms with Gasteiger partial charge in [0, 0.05) is 29.9 Å². The molecule has 1 aliphatic heterocycles. The molecule has 5 rings (SSSR count). The van der Waals surface area contributed by atoms with Gasteiger partial charge in [-0.05, 0) is 60.9 Å². The Morgan fingerprint density at radius 3 is 2.77 bits per heavy atom. The minimum absolute atomic E-state index is 0.0184. The molecule has 0 bridgehead atoms. The van der Waals surface area contributed by atoms with Crippen molar-refractivity contribution >= 4 is 43.8 Å². The molecule has 0 aliphatic carbocycles. The van der Waals surface area contributed by atoms with Crippen LogP contribution in [0, 0.1) is 5.82 Å². The van der Waals surface area contributed by atoms with Gasteiger partial charge in [-0.15, -0.1) is 0 Å². The number of hydrogen-bond donors (Lipinski definition) is 1. The standard InChI is InChI=1S/C31H32ClFN4O5S/c1-2-43(38,39)15-14-40-12-4-10-31(11-5-13-42-31)29-18-25-27(19-34-29)35-21-36-30(25)37-24-8-9-28(26(32)17-24)41-20-22-6-3-7-23(33)16-22/h3,5-9,13,16-19,21H,2,4,10-12,14-15,20H2,1H3,(H,35,36,37). The maximum atomic E-state index is 13.5. The third-order valence-corrected chi connectivity index (χ3v) is 9.12. The van der Waals surface area contributed by atoms with Crippen LogP contribution in [-0.2, 0) is 31.5 Å². The van der Waals surface area contributed by atoms with E-state index in [1.807, 2.05) is 18.2 Å². The van der Waals surface area contributed by atoms with Crippen LogP contribution in [-0.4, -0.2) is 48.1 Å². The third-order valence-electron chi connectivity index (χ3n) is 7.15. The van der Waals surface area contributed by atoms with Crippen molar-refractivity contribution in [3.8, 4) is 5.75 Å². The molecule has 2 aromatic heterocycles. The molecule has 4 aromatic rings. The second kappa shape index (κ2) is 13.7. The minimum Gasteiger partial charge on any atom is -0.489 e. The lowest BCUT2D eigenvalue weighted by molar-refractivity contribution is 0.0173. The Bertz CT molecular complexity index is 1710. The van der Waals surface area contributed by atoms with Gasteiger partial charge in [-0.2, -0.15) is 0 Å². The number of aromatic nitrogens is 3. The smallest absolute Gasteiger partial charge is 0.153 e. The van der Waals surface area contributed by atoms with Crippen molar-refractivity contribution in [3.05, 3.63) is 95.5 Å². The van der Waals surface area contributed by atoms with Crippen molar-refractivity contribution in [1.29, 1.82) is 0 Å². The molecule has 9 nitrogen and oxygen atoms in total. The molecule has 0 saturated heterocycles. The van der Waals surface area contributed by atoms with Crippen molar-refractivity contribution in [3.63, 3.8) is 0 Å². The van der Waals surface area contributed by atoms with Gasteiger partial charge < -0.3 is 19.5 Å². The summed E-state index contributed by atoms with van der Waals surface area (Å²) in [4.78, 5) is 13.5. The molecule has 1 atom stereocenters. The summed E-state index contributed by atoms with van der Waals surface area (Å²) in [6.07, 6.45) is 8.73. The number of benzene rings is 2. The van der Waals surface area contributed by atoms with Crippen LogP contribution in [0.25, 0.3) is 10.9 Å². The lowest BCUT2D eigenvalue weighted by Gasteiger charge is -2.28. The summed E-state index contributed by atoms with van der Waals surface area (Å²) >= 11 is 6.51. The molecule has 1 unspecified atom stereocenters. The number of nitrogens with zero attached hydrogens (tertiary/aromatic N) is 3. The maximum Gasteiger partial charge on any atom is 0.153 e. The van der Waals surface area contributed by atoms with E-state index in [4.69, 9.17) is 25.8 Å². The fourth-order valence-corrected chi connectivity index (χ4v) is 5.63. The first-order chi connectivity index (χ1) is 20.8. The Hall–Kier alpha value is -3.80. The fraction of sp³-hybridized carbons (Fsp3) is 0.323. The second-order valence-corrected chi connectivity index (χ2v) is 13.0. The number of rotatable bonds is 14. The molecule has 12 heteroatoms. The van der Waals surface area contributed by atoms with Gasteiger partial charge in [0.15, 0.2) is 15.4 Å². The van der Waals surface area contributed by atoms with Gasteiger partial charge in [0.25, 0.3) is 0 Å². The number of sulfone groups is 1. The highest BCUT2D eigenvalue weighted by atomic mass is 35.5. The molecule has 43 heavy (non-hydrogen) atoms. The first kappa shape index (κ1) is 30.7. The Labute approximate surface area is 255 Å². The summed E-state index contributed by atoms with van der Waals surface area (Å²) in [5, 5.41) is 4.46. The Kier molecular flexibility index (Phi) is 9.74. The molecular formula is C31H32ClFN4O5S. The predicted octanol–water partition coefficient (Wildman–Crippen LogP) is 6.50. The number of nitrogens with one attached hydrogen (secondary N) is 1. The Morgan fingerprint density at radius 1 is 1.12 bits per heavy atom. The molecule has 0 fully saturated rings. The van der Waals surface area contributed by atoms with E-state index in [1.165, 1.54) is 18.5 Å². The molecule has 1 N–H and O–H groups in total. The van der Waals surface area contributed by atoms with Crippen molar-refractivity contribution in [2.24, 2.45) is 0 Å². The Morgan fingerprint density at radius 2 is 2.00 bits per heavy atom. The van der Waals surface area contributed by atoms with E-state index in [9.17, 15) is 12.8 Å². The van der Waals surface area contributed by atoms with Crippen molar-refractivity contribution in [2.45, 2.75) is 38.4 Å². The van der Waals surface area contributed by atoms with Gasteiger partial charge >= 0.3 is 0 Å². The van der Waals surface area contributed by atoms with E-state index >= 15 is 0 Å². The first-order valence-corrected chi connectivity index (χ1v) is 16.1. The van der Waals surface area contributed by atoms with E-state index in [0.717, 1.165) is 11.1 Å². The topological polar surface area (TPSA) is 113 Å². The van der Waals surface area contributed by atoms with E-state index in [0.29, 0.717) is 59.2 Å². The van der Waals surface area contributed by atoms with Crippen LogP contribution in [0.3, 0.4) is 0 Å². The summed E-state index contributed by atoms with van der Waals surface area (Å²) in [5.74, 6) is 0.844. The highest BCUT2D eigenvalue weighted by molar-refractivity contribution is 7.91. The first-order valence-electron chi connectivity index (χ1n) is 13.9. The molecule has 2 aromatic carbocycles. The maximum absolute atomic E-state index is 13.5. The lowest BCUT2D eigenvalue weighted by atomic mass is 9.90. The molecule has 1 aliphatic rings. The summed E-state index contributed by atoms with van der Waals surface area (Å²) in [6.45, 7) is 2.40. The van der Waals surface area contributed by atoms with Crippen LogP contribution in [0.1, 0.15) is 37.4 Å². The van der Waals surface area contributed by atoms with Gasteiger partial charge in [0.2, 0.25) is 0 Å². The van der Waals surface area contributed by atoms with E-state index in [1.54, 1.807) is 43.6 Å². The van der Waals surface area contributed by atoms with Gasteiger partial charge in [0.1, 0.15) is 30.3 Å². The van der Waals surface area contributed by atoms with Crippen LogP contribution in [0.15, 0.2) is 73.4 Å². The fourth-order valence-electron chi connectivity index (χ4n) is 4.74. The normalized spacial score (nSPS) is 16.3. The van der Waals surface area contributed by atoms with Crippen molar-refractivity contribution in [2.75, 3.05) is 30.0 Å². The summed E-state index contributed by atoms with van der Waals surface area (Å²) in [7, 11) is -3.06. The van der Waals surface area contributed by atoms with E-state index < -0.39 is 15.4 Å². The number of halogens is 2. The predicted molar refractivity (Wildman–Crippen MR) is 164 cm³/mol. The van der Waals surface area contributed by atoms with Gasteiger partial charge in [-0.1, -0.05) is 30.7 Å². The summed E-state index contributed by atoms with van der Waals surface area (Å²) < 4.78 is 54.3. The van der Waals surface area contributed by atoms with E-state index in [-0.39, 0.29) is 30.5 Å². The highest BCUT2D eigenvalue weighted by Crippen LogP contribution is 2.39. The number of ether oxygens (including phenoxy) is 3. The van der Waals surface area contributed by atoms with Crippen LogP contribution in [0.5, 0.6) is 5.75 Å². The quantitative estimate of drug-likeness (QED) is 0.157. The Balaban J connectivity index is 1.28. The van der Waals surface area contributed by atoms with E-state index in [2.05, 4.69) is 20.3 Å². The highest BCUT2D eigenvalue weighted by Gasteiger charge is 2.36. The molecule has 226 valence electrons. The number of fused-ring (bicyclic) bond motifs is 1. The summed E-state index contributed by atoms with van der Waals surface area (Å²) in [6, 6.07) is 13.4. The van der Waals surface area contributed by atoms with Gasteiger partial charge in [-0.25, -0.2) is 22.8 Å². The average Bonchev–Trinajstić information content (AvgIpc) is 3.48. The van der Waals surface area contributed by atoms with Crippen molar-refractivity contribution in [1.82, 2.24) is 15.0 Å². The minimum atomic E-state index is -3.06. The van der Waals surface area contributed by atoms with Crippen LogP contribution in [0.4, 0.5) is 15.9 Å². The molecule has 0 saturated carbocycles. The van der Waals surface area contributed by atoms with Gasteiger partial charge in [-0.3, -0.25) is 4.98 Å². The molecular weight excluding hydrogens is 595 g/mol. The molecule has 3 heterocycles. The molecule has 0 spiro atoms. The van der Waals surface area contributed by atoms with Gasteiger partial charge in [0.05, 0.1) is 41.1 Å². The number of anilines is 2. The van der Waals surface area contributed by atoms with Crippen LogP contribution < -0.4 is 10.1 Å². The van der Waals surface area contributed by atoms with Crippen LogP contribution in [0.2, 0.25) is 5.02 Å². The number of hydrogen-bond acceptors (Lipinski definition) is 9. The average molecular weight is 627 g/mol. The summed E-state index contributed by atoms with van der Waals surface area (Å²) in [5.41, 5.74) is 2.10. The zero-order valence-electron chi connectivity index (χ0n) is 23.6.